The first-order chi connectivity index (χ1) is 13.1. The summed E-state index contributed by atoms with van der Waals surface area (Å²) in [6.07, 6.45) is 3.29. The molecule has 0 bridgehead atoms. The van der Waals surface area contributed by atoms with Crippen LogP contribution in [0.1, 0.15) is 52.5 Å². The van der Waals surface area contributed by atoms with Crippen molar-refractivity contribution in [3.05, 3.63) is 59.2 Å². The van der Waals surface area contributed by atoms with Gasteiger partial charge >= 0.3 is 0 Å². The lowest BCUT2D eigenvalue weighted by molar-refractivity contribution is 0.0582. The van der Waals surface area contributed by atoms with E-state index in [0.29, 0.717) is 11.1 Å². The summed E-state index contributed by atoms with van der Waals surface area (Å²) in [6.45, 7) is 5.74. The molecule has 2 aliphatic rings. The van der Waals surface area contributed by atoms with E-state index < -0.39 is 0 Å². The number of hydrogen-bond acceptors (Lipinski definition) is 3. The maximum Gasteiger partial charge on any atom is 0.257 e. The Morgan fingerprint density at radius 2 is 1.93 bits per heavy atom. The summed E-state index contributed by atoms with van der Waals surface area (Å²) in [5.74, 6) is -0.0684. The zero-order valence-corrected chi connectivity index (χ0v) is 15.9. The highest BCUT2D eigenvalue weighted by atomic mass is 16.2. The third-order valence-electron chi connectivity index (χ3n) is 5.54. The highest BCUT2D eigenvalue weighted by Gasteiger charge is 2.38. The number of nitrogens with one attached hydrogen (secondary N) is 1. The van der Waals surface area contributed by atoms with Crippen LogP contribution in [0.4, 0.5) is 11.4 Å². The number of anilines is 2. The molecule has 4 rings (SSSR count). The lowest BCUT2D eigenvalue weighted by Gasteiger charge is -2.47. The minimum atomic E-state index is -0.156. The van der Waals surface area contributed by atoms with Crippen molar-refractivity contribution < 1.29 is 9.59 Å². The van der Waals surface area contributed by atoms with Crippen LogP contribution in [0.25, 0.3) is 0 Å². The summed E-state index contributed by atoms with van der Waals surface area (Å²) in [6, 6.07) is 13.1. The standard InChI is InChI=1S/C22H25N3O2/c1-3-24-19-14-16(21(26)23-17-10-7-15(2)8-11-17)9-12-18(19)22(27)25-13-5-4-6-20(24)25/h7-12,14,20H,3-6,13H2,1-2H3,(H,23,26)/t20-/m1/s1. The Labute approximate surface area is 160 Å². The summed E-state index contributed by atoms with van der Waals surface area (Å²) in [5, 5.41) is 2.94. The molecule has 2 aromatic rings. The molecule has 0 aliphatic carbocycles. The first kappa shape index (κ1) is 17.6. The number of benzene rings is 2. The second-order valence-electron chi connectivity index (χ2n) is 7.31. The predicted octanol–water partition coefficient (Wildman–Crippen LogP) is 4.04. The molecule has 2 amide bonds. The van der Waals surface area contributed by atoms with E-state index in [1.54, 1.807) is 12.1 Å². The van der Waals surface area contributed by atoms with Crippen LogP contribution in [0.5, 0.6) is 0 Å². The molecule has 0 unspecified atom stereocenters. The Bertz CT molecular complexity index is 876. The molecule has 0 spiro atoms. The van der Waals surface area contributed by atoms with Crippen molar-refractivity contribution in [3.8, 4) is 0 Å². The van der Waals surface area contributed by atoms with Gasteiger partial charge in [0.05, 0.1) is 11.3 Å². The fraction of sp³-hybridized carbons (Fsp3) is 0.364. The van der Waals surface area contributed by atoms with Gasteiger partial charge in [0.25, 0.3) is 11.8 Å². The van der Waals surface area contributed by atoms with Crippen LogP contribution in [0, 0.1) is 6.92 Å². The van der Waals surface area contributed by atoms with Gasteiger partial charge in [-0.05, 0) is 63.4 Å². The van der Waals surface area contributed by atoms with Gasteiger partial charge in [0.15, 0.2) is 0 Å². The fourth-order valence-electron chi connectivity index (χ4n) is 4.10. The number of hydrogen-bond donors (Lipinski definition) is 1. The quantitative estimate of drug-likeness (QED) is 0.895. The zero-order chi connectivity index (χ0) is 19.0. The van der Waals surface area contributed by atoms with E-state index in [4.69, 9.17) is 0 Å². The van der Waals surface area contributed by atoms with Gasteiger partial charge < -0.3 is 15.1 Å². The molecule has 2 aromatic carbocycles. The minimum absolute atomic E-state index is 0.0879. The lowest BCUT2D eigenvalue weighted by atomic mass is 9.97. The molecule has 5 heteroatoms. The van der Waals surface area contributed by atoms with Crippen molar-refractivity contribution >= 4 is 23.2 Å². The topological polar surface area (TPSA) is 52.7 Å². The predicted molar refractivity (Wildman–Crippen MR) is 107 cm³/mol. The van der Waals surface area contributed by atoms with Gasteiger partial charge in [0, 0.05) is 24.3 Å². The van der Waals surface area contributed by atoms with Crippen LogP contribution in [0.15, 0.2) is 42.5 Å². The molecule has 27 heavy (non-hydrogen) atoms. The molecular formula is C22H25N3O2. The monoisotopic (exact) mass is 363 g/mol. The van der Waals surface area contributed by atoms with E-state index in [1.165, 1.54) is 0 Å². The Balaban J connectivity index is 1.65. The van der Waals surface area contributed by atoms with E-state index in [0.717, 1.165) is 49.3 Å². The third-order valence-corrected chi connectivity index (χ3v) is 5.54. The Hall–Kier alpha value is -2.82. The normalized spacial score (nSPS) is 18.7. The van der Waals surface area contributed by atoms with Crippen LogP contribution in [0.3, 0.4) is 0 Å². The Kier molecular flexibility index (Phi) is 4.60. The Morgan fingerprint density at radius 1 is 1.15 bits per heavy atom. The smallest absolute Gasteiger partial charge is 0.257 e. The van der Waals surface area contributed by atoms with Gasteiger partial charge in [-0.1, -0.05) is 17.7 Å². The average molecular weight is 363 g/mol. The number of rotatable bonds is 3. The van der Waals surface area contributed by atoms with Gasteiger partial charge in [0.2, 0.25) is 0 Å². The largest absolute Gasteiger partial charge is 0.351 e. The summed E-state index contributed by atoms with van der Waals surface area (Å²) in [4.78, 5) is 29.9. The van der Waals surface area contributed by atoms with Gasteiger partial charge in [-0.25, -0.2) is 0 Å². The van der Waals surface area contributed by atoms with Crippen molar-refractivity contribution in [3.63, 3.8) is 0 Å². The Morgan fingerprint density at radius 3 is 2.67 bits per heavy atom. The molecule has 140 valence electrons. The molecule has 0 aromatic heterocycles. The molecular weight excluding hydrogens is 338 g/mol. The fourth-order valence-corrected chi connectivity index (χ4v) is 4.10. The van der Waals surface area contributed by atoms with Crippen molar-refractivity contribution in [2.45, 2.75) is 39.3 Å². The lowest BCUT2D eigenvalue weighted by Crippen LogP contribution is -2.57. The number of aryl methyl sites for hydroxylation is 1. The summed E-state index contributed by atoms with van der Waals surface area (Å²) in [7, 11) is 0. The molecule has 1 fully saturated rings. The molecule has 2 heterocycles. The van der Waals surface area contributed by atoms with E-state index in [-0.39, 0.29) is 18.0 Å². The molecule has 0 saturated carbocycles. The zero-order valence-electron chi connectivity index (χ0n) is 15.9. The van der Waals surface area contributed by atoms with Crippen molar-refractivity contribution in [1.29, 1.82) is 0 Å². The van der Waals surface area contributed by atoms with E-state index in [9.17, 15) is 9.59 Å². The minimum Gasteiger partial charge on any atom is -0.351 e. The number of amides is 2. The molecule has 1 atom stereocenters. The summed E-state index contributed by atoms with van der Waals surface area (Å²) in [5.41, 5.74) is 4.06. The third kappa shape index (κ3) is 3.18. The number of piperidine rings is 1. The first-order valence-corrected chi connectivity index (χ1v) is 9.68. The van der Waals surface area contributed by atoms with E-state index in [2.05, 4.69) is 17.1 Å². The van der Waals surface area contributed by atoms with Crippen molar-refractivity contribution in [2.75, 3.05) is 23.3 Å². The number of fused-ring (bicyclic) bond motifs is 2. The van der Waals surface area contributed by atoms with Gasteiger partial charge in [-0.2, -0.15) is 0 Å². The maximum absolute atomic E-state index is 12.9. The first-order valence-electron chi connectivity index (χ1n) is 9.68. The average Bonchev–Trinajstić information content (AvgIpc) is 2.70. The van der Waals surface area contributed by atoms with Crippen LogP contribution >= 0.6 is 0 Å². The molecule has 2 aliphatic heterocycles. The molecule has 5 nitrogen and oxygen atoms in total. The summed E-state index contributed by atoms with van der Waals surface area (Å²) < 4.78 is 0. The second-order valence-corrected chi connectivity index (χ2v) is 7.31. The molecule has 1 saturated heterocycles. The summed E-state index contributed by atoms with van der Waals surface area (Å²) >= 11 is 0. The van der Waals surface area contributed by atoms with E-state index >= 15 is 0 Å². The van der Waals surface area contributed by atoms with Crippen molar-refractivity contribution in [2.24, 2.45) is 0 Å². The van der Waals surface area contributed by atoms with Gasteiger partial charge in [-0.15, -0.1) is 0 Å². The number of carbonyl (C=O) groups excluding carboxylic acids is 2. The number of nitrogens with zero attached hydrogens (tertiary/aromatic N) is 2. The van der Waals surface area contributed by atoms with Crippen LogP contribution in [-0.2, 0) is 0 Å². The SMILES string of the molecule is CCN1c2cc(C(=O)Nc3ccc(C)cc3)ccc2C(=O)N2CCCC[C@@H]21. The highest BCUT2D eigenvalue weighted by Crippen LogP contribution is 2.35. The second kappa shape index (κ2) is 7.06. The van der Waals surface area contributed by atoms with Crippen LogP contribution < -0.4 is 10.2 Å². The maximum atomic E-state index is 12.9. The van der Waals surface area contributed by atoms with Crippen LogP contribution in [0.2, 0.25) is 0 Å². The van der Waals surface area contributed by atoms with Gasteiger partial charge in [0.1, 0.15) is 6.17 Å². The van der Waals surface area contributed by atoms with Gasteiger partial charge in [-0.3, -0.25) is 9.59 Å². The highest BCUT2D eigenvalue weighted by molar-refractivity contribution is 6.08. The molecule has 0 radical (unpaired) electrons. The number of carbonyl (C=O) groups is 2. The van der Waals surface area contributed by atoms with Crippen molar-refractivity contribution in [1.82, 2.24) is 4.90 Å². The van der Waals surface area contributed by atoms with Crippen LogP contribution in [-0.4, -0.2) is 36.0 Å². The van der Waals surface area contributed by atoms with E-state index in [1.807, 2.05) is 42.2 Å². The molecule has 1 N–H and O–H groups in total.